The number of aliphatic hydroxyl groups is 1. The van der Waals surface area contributed by atoms with Crippen LogP contribution < -0.4 is 5.32 Å². The van der Waals surface area contributed by atoms with Gasteiger partial charge >= 0.3 is 6.55 Å². The molecule has 0 bridgehead atoms. The van der Waals surface area contributed by atoms with Crippen molar-refractivity contribution in [3.63, 3.8) is 0 Å². The Hall–Kier alpha value is -1.50. The SMILES string of the molecule is O=C(CC1(O)CCCCC1)NCc1nccn1C(F)F. The van der Waals surface area contributed by atoms with Gasteiger partial charge in [-0.1, -0.05) is 19.3 Å². The van der Waals surface area contributed by atoms with E-state index in [1.54, 1.807) is 0 Å². The van der Waals surface area contributed by atoms with Gasteiger partial charge in [0.05, 0.1) is 18.6 Å². The Labute approximate surface area is 116 Å². The maximum Gasteiger partial charge on any atom is 0.319 e. The van der Waals surface area contributed by atoms with Gasteiger partial charge in [0.2, 0.25) is 5.91 Å². The predicted octanol–water partition coefficient (Wildman–Crippen LogP) is 1.98. The Morgan fingerprint density at radius 3 is 2.80 bits per heavy atom. The highest BCUT2D eigenvalue weighted by Gasteiger charge is 2.31. The van der Waals surface area contributed by atoms with E-state index in [0.717, 1.165) is 19.3 Å². The third-order valence-corrected chi connectivity index (χ3v) is 3.68. The Morgan fingerprint density at radius 2 is 2.15 bits per heavy atom. The number of carbonyl (C=O) groups is 1. The van der Waals surface area contributed by atoms with Crippen LogP contribution in [-0.4, -0.2) is 26.2 Å². The molecule has 1 saturated carbocycles. The van der Waals surface area contributed by atoms with Gasteiger partial charge in [0.15, 0.2) is 0 Å². The van der Waals surface area contributed by atoms with Gasteiger partial charge in [0.25, 0.3) is 0 Å². The van der Waals surface area contributed by atoms with E-state index in [4.69, 9.17) is 0 Å². The number of hydrogen-bond acceptors (Lipinski definition) is 3. The van der Waals surface area contributed by atoms with E-state index < -0.39 is 12.2 Å². The molecule has 0 aliphatic heterocycles. The molecule has 1 aromatic rings. The van der Waals surface area contributed by atoms with Crippen molar-refractivity contribution in [2.45, 2.75) is 57.2 Å². The highest BCUT2D eigenvalue weighted by atomic mass is 19.3. The van der Waals surface area contributed by atoms with Crippen molar-refractivity contribution in [3.05, 3.63) is 18.2 Å². The molecule has 1 amide bonds. The van der Waals surface area contributed by atoms with Gasteiger partial charge in [0.1, 0.15) is 5.82 Å². The Bertz CT molecular complexity index is 456. The smallest absolute Gasteiger partial charge is 0.319 e. The van der Waals surface area contributed by atoms with Crippen molar-refractivity contribution in [1.82, 2.24) is 14.9 Å². The van der Waals surface area contributed by atoms with Gasteiger partial charge in [-0.05, 0) is 12.8 Å². The van der Waals surface area contributed by atoms with Gasteiger partial charge < -0.3 is 10.4 Å². The van der Waals surface area contributed by atoms with E-state index in [-0.39, 0.29) is 24.7 Å². The van der Waals surface area contributed by atoms with Crippen LogP contribution in [0.3, 0.4) is 0 Å². The van der Waals surface area contributed by atoms with Crippen molar-refractivity contribution < 1.29 is 18.7 Å². The number of halogens is 2. The van der Waals surface area contributed by atoms with Crippen molar-refractivity contribution >= 4 is 5.91 Å². The molecule has 1 fully saturated rings. The second kappa shape index (κ2) is 6.30. The predicted molar refractivity (Wildman–Crippen MR) is 68.0 cm³/mol. The number of carbonyl (C=O) groups excluding carboxylic acids is 1. The molecule has 0 unspecified atom stereocenters. The number of aromatic nitrogens is 2. The molecule has 0 radical (unpaired) electrons. The summed E-state index contributed by atoms with van der Waals surface area (Å²) >= 11 is 0. The first-order valence-corrected chi connectivity index (χ1v) is 6.79. The lowest BCUT2D eigenvalue weighted by molar-refractivity contribution is -0.127. The normalized spacial score (nSPS) is 18.2. The Morgan fingerprint density at radius 1 is 1.45 bits per heavy atom. The summed E-state index contributed by atoms with van der Waals surface area (Å²) < 4.78 is 25.9. The molecular formula is C13H19F2N3O2. The Balaban J connectivity index is 1.84. The molecule has 20 heavy (non-hydrogen) atoms. The van der Waals surface area contributed by atoms with Crippen LogP contribution in [0.25, 0.3) is 0 Å². The first-order valence-electron chi connectivity index (χ1n) is 6.79. The number of rotatable bonds is 5. The van der Waals surface area contributed by atoms with Crippen LogP contribution in [-0.2, 0) is 11.3 Å². The van der Waals surface area contributed by atoms with Crippen LogP contribution in [0.2, 0.25) is 0 Å². The lowest BCUT2D eigenvalue weighted by Gasteiger charge is -2.31. The van der Waals surface area contributed by atoms with Crippen molar-refractivity contribution in [2.75, 3.05) is 0 Å². The molecule has 1 aliphatic rings. The van der Waals surface area contributed by atoms with Gasteiger partial charge in [-0.2, -0.15) is 8.78 Å². The minimum absolute atomic E-state index is 0.0163. The Kier molecular flexibility index (Phi) is 4.69. The number of alkyl halides is 2. The van der Waals surface area contributed by atoms with E-state index in [1.807, 2.05) is 0 Å². The number of amides is 1. The minimum Gasteiger partial charge on any atom is -0.389 e. The van der Waals surface area contributed by atoms with Crippen LogP contribution in [0.5, 0.6) is 0 Å². The van der Waals surface area contributed by atoms with E-state index >= 15 is 0 Å². The summed E-state index contributed by atoms with van der Waals surface area (Å²) in [5.41, 5.74) is -0.944. The fourth-order valence-electron chi connectivity index (χ4n) is 2.58. The van der Waals surface area contributed by atoms with Gasteiger partial charge in [0, 0.05) is 12.4 Å². The quantitative estimate of drug-likeness (QED) is 0.870. The van der Waals surface area contributed by atoms with Crippen LogP contribution in [0.4, 0.5) is 8.78 Å². The van der Waals surface area contributed by atoms with Gasteiger partial charge in [-0.25, -0.2) is 4.98 Å². The first-order chi connectivity index (χ1) is 9.50. The lowest BCUT2D eigenvalue weighted by atomic mass is 9.82. The largest absolute Gasteiger partial charge is 0.389 e. The molecule has 2 N–H and O–H groups in total. The fourth-order valence-corrected chi connectivity index (χ4v) is 2.58. The number of nitrogens with one attached hydrogen (secondary N) is 1. The number of nitrogens with zero attached hydrogens (tertiary/aromatic N) is 2. The highest BCUT2D eigenvalue weighted by molar-refractivity contribution is 5.76. The third-order valence-electron chi connectivity index (χ3n) is 3.68. The summed E-state index contributed by atoms with van der Waals surface area (Å²) in [6.07, 6.45) is 6.60. The van der Waals surface area contributed by atoms with E-state index in [9.17, 15) is 18.7 Å². The number of imidazole rings is 1. The fraction of sp³-hybridized carbons (Fsp3) is 0.692. The van der Waals surface area contributed by atoms with Crippen LogP contribution >= 0.6 is 0 Å². The van der Waals surface area contributed by atoms with Crippen molar-refractivity contribution in [2.24, 2.45) is 0 Å². The summed E-state index contributed by atoms with van der Waals surface area (Å²) in [7, 11) is 0. The summed E-state index contributed by atoms with van der Waals surface area (Å²) in [5.74, 6) is -0.234. The lowest BCUT2D eigenvalue weighted by Crippen LogP contribution is -2.38. The van der Waals surface area contributed by atoms with Crippen LogP contribution in [0.1, 0.15) is 50.9 Å². The summed E-state index contributed by atoms with van der Waals surface area (Å²) in [6, 6.07) is 0. The molecule has 112 valence electrons. The van der Waals surface area contributed by atoms with E-state index in [0.29, 0.717) is 17.4 Å². The van der Waals surface area contributed by atoms with Crippen molar-refractivity contribution in [3.8, 4) is 0 Å². The second-order valence-electron chi connectivity index (χ2n) is 5.27. The van der Waals surface area contributed by atoms with Crippen LogP contribution in [0, 0.1) is 0 Å². The summed E-state index contributed by atoms with van der Waals surface area (Å²) in [4.78, 5) is 15.6. The van der Waals surface area contributed by atoms with Gasteiger partial charge in [-0.15, -0.1) is 0 Å². The van der Waals surface area contributed by atoms with E-state index in [2.05, 4.69) is 10.3 Å². The zero-order chi connectivity index (χ0) is 14.6. The first kappa shape index (κ1) is 14.9. The summed E-state index contributed by atoms with van der Waals surface area (Å²) in [6.45, 7) is -2.74. The summed E-state index contributed by atoms with van der Waals surface area (Å²) in [5, 5.41) is 12.8. The highest BCUT2D eigenvalue weighted by Crippen LogP contribution is 2.30. The molecule has 0 saturated heterocycles. The zero-order valence-electron chi connectivity index (χ0n) is 11.2. The molecule has 2 rings (SSSR count). The molecule has 5 nitrogen and oxygen atoms in total. The number of hydrogen-bond donors (Lipinski definition) is 2. The van der Waals surface area contributed by atoms with E-state index in [1.165, 1.54) is 12.4 Å². The molecule has 0 atom stereocenters. The molecular weight excluding hydrogens is 268 g/mol. The molecule has 1 aliphatic carbocycles. The van der Waals surface area contributed by atoms with Gasteiger partial charge in [-0.3, -0.25) is 9.36 Å². The molecule has 7 heteroatoms. The second-order valence-corrected chi connectivity index (χ2v) is 5.27. The molecule has 1 heterocycles. The van der Waals surface area contributed by atoms with Crippen LogP contribution in [0.15, 0.2) is 12.4 Å². The standard InChI is InChI=1S/C13H19F2N3O2/c14-12(15)18-7-6-16-10(18)9-17-11(19)8-13(20)4-2-1-3-5-13/h6-7,12,20H,1-5,8-9H2,(H,17,19). The van der Waals surface area contributed by atoms with Crippen molar-refractivity contribution in [1.29, 1.82) is 0 Å². The maximum absolute atomic E-state index is 12.6. The third kappa shape index (κ3) is 3.75. The molecule has 1 aromatic heterocycles. The topological polar surface area (TPSA) is 67.2 Å². The minimum atomic E-state index is -2.67. The monoisotopic (exact) mass is 287 g/mol. The average Bonchev–Trinajstić information content (AvgIpc) is 2.85. The molecule has 0 aromatic carbocycles. The molecule has 0 spiro atoms. The zero-order valence-corrected chi connectivity index (χ0v) is 11.2. The average molecular weight is 287 g/mol. The maximum atomic E-state index is 12.6.